The van der Waals surface area contributed by atoms with Gasteiger partial charge in [-0.2, -0.15) is 0 Å². The Balaban J connectivity index is 1.75. The number of anilines is 1. The van der Waals surface area contributed by atoms with Crippen molar-refractivity contribution in [1.29, 1.82) is 0 Å². The van der Waals surface area contributed by atoms with Crippen LogP contribution in [0, 0.1) is 0 Å². The molecule has 2 heterocycles. The van der Waals surface area contributed by atoms with Crippen LogP contribution in [0.2, 0.25) is 5.02 Å². The van der Waals surface area contributed by atoms with Crippen LogP contribution in [0.25, 0.3) is 10.2 Å². The highest BCUT2D eigenvalue weighted by Gasteiger charge is 2.22. The first kappa shape index (κ1) is 18.4. The second kappa shape index (κ2) is 7.96. The first-order chi connectivity index (χ1) is 13.7. The van der Waals surface area contributed by atoms with Gasteiger partial charge < -0.3 is 4.74 Å². The molecule has 0 spiro atoms. The summed E-state index contributed by atoms with van der Waals surface area (Å²) in [6, 6.07) is 16.4. The van der Waals surface area contributed by atoms with E-state index < -0.39 is 0 Å². The molecule has 4 aromatic rings. The minimum Gasteiger partial charge on any atom is -0.497 e. The van der Waals surface area contributed by atoms with E-state index in [0.717, 1.165) is 10.3 Å². The van der Waals surface area contributed by atoms with Gasteiger partial charge in [0.05, 0.1) is 23.4 Å². The summed E-state index contributed by atoms with van der Waals surface area (Å²) >= 11 is 7.72. The molecule has 1 amide bonds. The molecule has 0 N–H and O–H groups in total. The second-order valence-electron chi connectivity index (χ2n) is 6.06. The van der Waals surface area contributed by atoms with Crippen LogP contribution in [-0.4, -0.2) is 23.0 Å². The number of carbonyl (C=O) groups excluding carboxylic acids is 1. The Labute approximate surface area is 171 Å². The predicted molar refractivity (Wildman–Crippen MR) is 112 cm³/mol. The second-order valence-corrected chi connectivity index (χ2v) is 7.48. The number of nitrogens with zero attached hydrogens (tertiary/aromatic N) is 3. The van der Waals surface area contributed by atoms with Crippen LogP contribution in [0.3, 0.4) is 0 Å². The van der Waals surface area contributed by atoms with Crippen LogP contribution in [0.1, 0.15) is 15.9 Å². The molecule has 5 nitrogen and oxygen atoms in total. The topological polar surface area (TPSA) is 55.3 Å². The Hall–Kier alpha value is -2.96. The molecule has 4 rings (SSSR count). The lowest BCUT2D eigenvalue weighted by atomic mass is 10.2. The summed E-state index contributed by atoms with van der Waals surface area (Å²) in [7, 11) is 1.59. The van der Waals surface area contributed by atoms with E-state index in [2.05, 4.69) is 9.97 Å². The average molecular weight is 410 g/mol. The summed E-state index contributed by atoms with van der Waals surface area (Å²) in [5.74, 6) is 0.545. The van der Waals surface area contributed by atoms with Gasteiger partial charge >= 0.3 is 0 Å². The molecular weight excluding hydrogens is 394 g/mol. The fourth-order valence-corrected chi connectivity index (χ4v) is 4.07. The lowest BCUT2D eigenvalue weighted by Gasteiger charge is -2.20. The number of methoxy groups -OCH3 is 1. The first-order valence-corrected chi connectivity index (χ1v) is 9.75. The van der Waals surface area contributed by atoms with Crippen LogP contribution < -0.4 is 9.64 Å². The van der Waals surface area contributed by atoms with Crippen molar-refractivity contribution in [2.24, 2.45) is 0 Å². The zero-order valence-electron chi connectivity index (χ0n) is 15.0. The Kier molecular flexibility index (Phi) is 5.23. The van der Waals surface area contributed by atoms with Crippen molar-refractivity contribution in [2.45, 2.75) is 6.54 Å². The number of aromatic nitrogens is 2. The Morgan fingerprint density at radius 3 is 2.64 bits per heavy atom. The predicted octanol–water partition coefficient (Wildman–Crippen LogP) is 5.20. The van der Waals surface area contributed by atoms with E-state index in [1.165, 1.54) is 11.3 Å². The third-order valence-electron chi connectivity index (χ3n) is 4.23. The molecule has 0 aliphatic heterocycles. The van der Waals surface area contributed by atoms with Crippen molar-refractivity contribution < 1.29 is 9.53 Å². The van der Waals surface area contributed by atoms with E-state index in [1.54, 1.807) is 54.7 Å². The monoisotopic (exact) mass is 409 g/mol. The number of hydrogen-bond donors (Lipinski definition) is 0. The molecule has 2 aromatic heterocycles. The van der Waals surface area contributed by atoms with E-state index in [-0.39, 0.29) is 5.91 Å². The van der Waals surface area contributed by atoms with Crippen LogP contribution >= 0.6 is 22.9 Å². The standard InChI is InChI=1S/C21H16ClN3O2S/c1-27-16-9-7-15(8-10-16)20(26)25(13-14-4-3-11-23-12-14)21-24-19-17(22)5-2-6-18(19)28-21/h2-12H,13H2,1H3. The molecule has 0 fully saturated rings. The highest BCUT2D eigenvalue weighted by molar-refractivity contribution is 7.22. The number of carbonyl (C=O) groups is 1. The van der Waals surface area contributed by atoms with E-state index in [0.29, 0.717) is 33.5 Å². The number of benzene rings is 2. The quantitative estimate of drug-likeness (QED) is 0.454. The minimum atomic E-state index is -0.151. The SMILES string of the molecule is COc1ccc(C(=O)N(Cc2cccnc2)c2nc3c(Cl)cccc3s2)cc1. The highest BCUT2D eigenvalue weighted by atomic mass is 35.5. The third-order valence-corrected chi connectivity index (χ3v) is 5.58. The molecular formula is C21H16ClN3O2S. The maximum atomic E-state index is 13.3. The molecule has 0 radical (unpaired) electrons. The van der Waals surface area contributed by atoms with Crippen molar-refractivity contribution in [1.82, 2.24) is 9.97 Å². The van der Waals surface area contributed by atoms with Gasteiger partial charge in [-0.3, -0.25) is 14.7 Å². The van der Waals surface area contributed by atoms with Crippen molar-refractivity contribution in [3.63, 3.8) is 0 Å². The molecule has 0 bridgehead atoms. The third kappa shape index (κ3) is 3.69. The normalized spacial score (nSPS) is 10.8. The number of pyridine rings is 1. The fraction of sp³-hybridized carbons (Fsp3) is 0.0952. The number of halogens is 1. The number of fused-ring (bicyclic) bond motifs is 1. The molecule has 0 aliphatic rings. The number of thiazole rings is 1. The highest BCUT2D eigenvalue weighted by Crippen LogP contribution is 2.34. The maximum Gasteiger partial charge on any atom is 0.260 e. The largest absolute Gasteiger partial charge is 0.497 e. The van der Waals surface area contributed by atoms with Crippen molar-refractivity contribution in [2.75, 3.05) is 12.0 Å². The number of para-hydroxylation sites is 1. The van der Waals surface area contributed by atoms with E-state index in [1.807, 2.05) is 24.3 Å². The molecule has 7 heteroatoms. The Bertz CT molecular complexity index is 1110. The number of rotatable bonds is 5. The lowest BCUT2D eigenvalue weighted by Crippen LogP contribution is -2.30. The molecule has 0 saturated carbocycles. The van der Waals surface area contributed by atoms with Gasteiger partial charge in [-0.25, -0.2) is 4.98 Å². The summed E-state index contributed by atoms with van der Waals surface area (Å²) in [5.41, 5.74) is 2.16. The zero-order chi connectivity index (χ0) is 19.5. The first-order valence-electron chi connectivity index (χ1n) is 8.55. The van der Waals surface area contributed by atoms with Gasteiger partial charge in [0, 0.05) is 18.0 Å². The van der Waals surface area contributed by atoms with Gasteiger partial charge in [0.1, 0.15) is 11.3 Å². The molecule has 0 atom stereocenters. The van der Waals surface area contributed by atoms with E-state index >= 15 is 0 Å². The van der Waals surface area contributed by atoms with Crippen LogP contribution in [0.15, 0.2) is 67.0 Å². The zero-order valence-corrected chi connectivity index (χ0v) is 16.6. The summed E-state index contributed by atoms with van der Waals surface area (Å²) in [5, 5.41) is 1.16. The van der Waals surface area contributed by atoms with Crippen LogP contribution in [0.5, 0.6) is 5.75 Å². The van der Waals surface area contributed by atoms with Crippen molar-refractivity contribution >= 4 is 44.2 Å². The van der Waals surface area contributed by atoms with E-state index in [9.17, 15) is 4.79 Å². The Morgan fingerprint density at radius 1 is 1.14 bits per heavy atom. The summed E-state index contributed by atoms with van der Waals surface area (Å²) in [6.07, 6.45) is 3.45. The number of hydrogen-bond acceptors (Lipinski definition) is 5. The summed E-state index contributed by atoms with van der Waals surface area (Å²) in [6.45, 7) is 0.357. The molecule has 140 valence electrons. The summed E-state index contributed by atoms with van der Waals surface area (Å²) < 4.78 is 6.12. The van der Waals surface area contributed by atoms with Gasteiger partial charge in [0.15, 0.2) is 5.13 Å². The molecule has 0 unspecified atom stereocenters. The van der Waals surface area contributed by atoms with Crippen molar-refractivity contribution in [3.05, 3.63) is 83.1 Å². The van der Waals surface area contributed by atoms with Gasteiger partial charge in [0.2, 0.25) is 0 Å². The van der Waals surface area contributed by atoms with Gasteiger partial charge in [0.25, 0.3) is 5.91 Å². The van der Waals surface area contributed by atoms with E-state index in [4.69, 9.17) is 16.3 Å². The molecule has 2 aromatic carbocycles. The van der Waals surface area contributed by atoms with Crippen molar-refractivity contribution in [3.8, 4) is 5.75 Å². The Morgan fingerprint density at radius 2 is 1.96 bits per heavy atom. The lowest BCUT2D eigenvalue weighted by molar-refractivity contribution is 0.0985. The van der Waals surface area contributed by atoms with Crippen LogP contribution in [-0.2, 0) is 6.54 Å². The maximum absolute atomic E-state index is 13.3. The van der Waals surface area contributed by atoms with Crippen LogP contribution in [0.4, 0.5) is 5.13 Å². The van der Waals surface area contributed by atoms with Gasteiger partial charge in [-0.05, 0) is 48.0 Å². The van der Waals surface area contributed by atoms with Gasteiger partial charge in [-0.15, -0.1) is 0 Å². The molecule has 0 aliphatic carbocycles. The summed E-state index contributed by atoms with van der Waals surface area (Å²) in [4.78, 5) is 23.7. The smallest absolute Gasteiger partial charge is 0.260 e. The number of ether oxygens (including phenoxy) is 1. The molecule has 28 heavy (non-hydrogen) atoms. The van der Waals surface area contributed by atoms with Gasteiger partial charge in [-0.1, -0.05) is 35.1 Å². The minimum absolute atomic E-state index is 0.151. The fourth-order valence-electron chi connectivity index (χ4n) is 2.81. The number of amides is 1. The molecule has 0 saturated heterocycles. The average Bonchev–Trinajstić information content (AvgIpc) is 3.18.